The Morgan fingerprint density at radius 3 is 2.91 bits per heavy atom. The molecule has 1 aromatic carbocycles. The second-order valence-electron chi connectivity index (χ2n) is 7.01. The van der Waals surface area contributed by atoms with E-state index in [1.807, 2.05) is 12.1 Å². The molecule has 1 unspecified atom stereocenters. The summed E-state index contributed by atoms with van der Waals surface area (Å²) in [6.45, 7) is 8.90. The number of hydrogen-bond acceptors (Lipinski definition) is 3. The summed E-state index contributed by atoms with van der Waals surface area (Å²) in [5.74, 6) is 0.864. The lowest BCUT2D eigenvalue weighted by atomic mass is 10.0. The number of halogens is 1. The highest BCUT2D eigenvalue weighted by Gasteiger charge is 2.25. The van der Waals surface area contributed by atoms with E-state index in [1.165, 1.54) is 11.3 Å². The van der Waals surface area contributed by atoms with Crippen molar-refractivity contribution in [3.8, 4) is 0 Å². The Labute approximate surface area is 144 Å². The van der Waals surface area contributed by atoms with Gasteiger partial charge < -0.3 is 16.0 Å². The van der Waals surface area contributed by atoms with Crippen molar-refractivity contribution in [1.29, 1.82) is 0 Å². The molecule has 0 aromatic heterocycles. The summed E-state index contributed by atoms with van der Waals surface area (Å²) in [6, 6.07) is 5.60. The second-order valence-corrected chi connectivity index (χ2v) is 7.45. The number of amides is 1. The molecule has 0 spiro atoms. The van der Waals surface area contributed by atoms with Crippen molar-refractivity contribution in [2.45, 2.75) is 39.7 Å². The van der Waals surface area contributed by atoms with Crippen LogP contribution < -0.4 is 16.0 Å². The highest BCUT2D eigenvalue weighted by atomic mass is 35.5. The van der Waals surface area contributed by atoms with Crippen LogP contribution in [-0.4, -0.2) is 31.6 Å². The van der Waals surface area contributed by atoms with Gasteiger partial charge in [0.25, 0.3) is 0 Å². The molecule has 0 saturated carbocycles. The number of hydrogen-bond donors (Lipinski definition) is 2. The molecule has 3 N–H and O–H groups in total. The van der Waals surface area contributed by atoms with Gasteiger partial charge in [-0.15, -0.1) is 0 Å². The van der Waals surface area contributed by atoms with Crippen LogP contribution in [0.4, 0.5) is 5.69 Å². The molecule has 1 saturated heterocycles. The number of nitrogens with one attached hydrogen (secondary N) is 1. The third-order valence-corrected chi connectivity index (χ3v) is 4.66. The summed E-state index contributed by atoms with van der Waals surface area (Å²) >= 11 is 6.11. The lowest BCUT2D eigenvalue weighted by Crippen LogP contribution is -2.43. The molecule has 23 heavy (non-hydrogen) atoms. The van der Waals surface area contributed by atoms with Crippen LogP contribution in [-0.2, 0) is 4.79 Å². The number of carbonyl (C=O) groups excluding carboxylic acids is 1. The molecule has 1 heterocycles. The number of aryl methyl sites for hydroxylation is 1. The number of anilines is 1. The van der Waals surface area contributed by atoms with Crippen LogP contribution in [0.3, 0.4) is 0 Å². The summed E-state index contributed by atoms with van der Waals surface area (Å²) in [5, 5.41) is 3.78. The fraction of sp³-hybridized carbons (Fsp3) is 0.611. The van der Waals surface area contributed by atoms with Crippen LogP contribution in [0.2, 0.25) is 5.02 Å². The lowest BCUT2D eigenvalue weighted by molar-refractivity contribution is -0.122. The molecule has 1 aliphatic heterocycles. The van der Waals surface area contributed by atoms with E-state index in [9.17, 15) is 4.79 Å². The van der Waals surface area contributed by atoms with E-state index in [4.69, 9.17) is 17.3 Å². The average Bonchev–Trinajstić information content (AvgIpc) is 2.95. The Balaban J connectivity index is 1.84. The van der Waals surface area contributed by atoms with E-state index in [0.717, 1.165) is 31.0 Å². The van der Waals surface area contributed by atoms with Crippen molar-refractivity contribution in [3.05, 3.63) is 28.8 Å². The van der Waals surface area contributed by atoms with E-state index >= 15 is 0 Å². The number of carbonyl (C=O) groups is 1. The molecule has 5 heteroatoms. The lowest BCUT2D eigenvalue weighted by Gasteiger charge is -2.21. The van der Waals surface area contributed by atoms with Crippen molar-refractivity contribution in [3.63, 3.8) is 0 Å². The van der Waals surface area contributed by atoms with Crippen molar-refractivity contribution in [2.24, 2.45) is 17.6 Å². The molecule has 0 aliphatic carbocycles. The molecule has 0 bridgehead atoms. The van der Waals surface area contributed by atoms with Crippen molar-refractivity contribution < 1.29 is 4.79 Å². The van der Waals surface area contributed by atoms with Gasteiger partial charge >= 0.3 is 0 Å². The first-order valence-corrected chi connectivity index (χ1v) is 8.79. The van der Waals surface area contributed by atoms with Crippen LogP contribution in [0.25, 0.3) is 0 Å². The molecule has 1 amide bonds. The zero-order chi connectivity index (χ0) is 17.0. The summed E-state index contributed by atoms with van der Waals surface area (Å²) < 4.78 is 0. The minimum atomic E-state index is -0.400. The largest absolute Gasteiger partial charge is 0.371 e. The zero-order valence-corrected chi connectivity index (χ0v) is 15.1. The highest BCUT2D eigenvalue weighted by Crippen LogP contribution is 2.29. The normalized spacial score (nSPS) is 19.2. The van der Waals surface area contributed by atoms with Crippen LogP contribution in [0, 0.1) is 18.8 Å². The van der Waals surface area contributed by atoms with Gasteiger partial charge in [-0.1, -0.05) is 31.5 Å². The molecule has 1 fully saturated rings. The minimum Gasteiger partial charge on any atom is -0.371 e. The van der Waals surface area contributed by atoms with Crippen molar-refractivity contribution >= 4 is 23.2 Å². The van der Waals surface area contributed by atoms with Gasteiger partial charge in [0.05, 0.1) is 6.04 Å². The van der Waals surface area contributed by atoms with Crippen LogP contribution in [0.1, 0.15) is 32.3 Å². The molecule has 2 rings (SSSR count). The van der Waals surface area contributed by atoms with Crippen LogP contribution in [0.15, 0.2) is 18.2 Å². The van der Waals surface area contributed by atoms with Gasteiger partial charge in [0.15, 0.2) is 0 Å². The molecule has 128 valence electrons. The van der Waals surface area contributed by atoms with Gasteiger partial charge in [0.1, 0.15) is 0 Å². The quantitative estimate of drug-likeness (QED) is 0.839. The Hall–Kier alpha value is -1.26. The van der Waals surface area contributed by atoms with Crippen molar-refractivity contribution in [1.82, 2.24) is 5.32 Å². The molecular weight excluding hydrogens is 310 g/mol. The standard InChI is InChI=1S/C18H28ClN3O/c1-12(2)8-16(20)18(23)21-10-14-6-7-22(11-14)17-9-15(19)5-4-13(17)3/h4-5,9,12,14,16H,6-8,10-11,20H2,1-3H3,(H,21,23)/t14?,16-/m0/s1. The van der Waals surface area contributed by atoms with E-state index in [2.05, 4.69) is 37.1 Å². The molecule has 2 atom stereocenters. The Kier molecular flexibility index (Phi) is 6.31. The first-order chi connectivity index (χ1) is 10.9. The topological polar surface area (TPSA) is 58.4 Å². The van der Waals surface area contributed by atoms with Gasteiger partial charge in [0.2, 0.25) is 5.91 Å². The van der Waals surface area contributed by atoms with Gasteiger partial charge in [-0.05, 0) is 49.3 Å². The van der Waals surface area contributed by atoms with E-state index < -0.39 is 6.04 Å². The molecule has 0 radical (unpaired) electrons. The fourth-order valence-electron chi connectivity index (χ4n) is 3.13. The number of nitrogens with zero attached hydrogens (tertiary/aromatic N) is 1. The van der Waals surface area contributed by atoms with Crippen molar-refractivity contribution in [2.75, 3.05) is 24.5 Å². The summed E-state index contributed by atoms with van der Waals surface area (Å²) in [7, 11) is 0. The summed E-state index contributed by atoms with van der Waals surface area (Å²) in [5.41, 5.74) is 8.35. The molecule has 1 aliphatic rings. The third kappa shape index (κ3) is 5.11. The molecule has 4 nitrogen and oxygen atoms in total. The SMILES string of the molecule is Cc1ccc(Cl)cc1N1CCC(CNC(=O)[C@@H](N)CC(C)C)C1. The van der Waals surface area contributed by atoms with E-state index in [-0.39, 0.29) is 5.91 Å². The number of benzene rings is 1. The number of nitrogens with two attached hydrogens (primary N) is 1. The maximum absolute atomic E-state index is 12.0. The van der Waals surface area contributed by atoms with E-state index in [1.54, 1.807) is 0 Å². The van der Waals surface area contributed by atoms with Crippen LogP contribution >= 0.6 is 11.6 Å². The smallest absolute Gasteiger partial charge is 0.236 e. The van der Waals surface area contributed by atoms with Gasteiger partial charge in [0, 0.05) is 30.3 Å². The Morgan fingerprint density at radius 1 is 1.48 bits per heavy atom. The first-order valence-electron chi connectivity index (χ1n) is 8.41. The third-order valence-electron chi connectivity index (χ3n) is 4.42. The average molecular weight is 338 g/mol. The summed E-state index contributed by atoms with van der Waals surface area (Å²) in [4.78, 5) is 14.4. The highest BCUT2D eigenvalue weighted by molar-refractivity contribution is 6.30. The van der Waals surface area contributed by atoms with Crippen LogP contribution in [0.5, 0.6) is 0 Å². The Bertz CT molecular complexity index is 547. The monoisotopic (exact) mass is 337 g/mol. The minimum absolute atomic E-state index is 0.0314. The second kappa shape index (κ2) is 8.02. The fourth-order valence-corrected chi connectivity index (χ4v) is 3.30. The predicted molar refractivity (Wildman–Crippen MR) is 96.9 cm³/mol. The Morgan fingerprint density at radius 2 is 2.22 bits per heavy atom. The molecule has 1 aromatic rings. The summed E-state index contributed by atoms with van der Waals surface area (Å²) in [6.07, 6.45) is 1.80. The first kappa shape index (κ1) is 18.1. The molecular formula is C18H28ClN3O. The van der Waals surface area contributed by atoms with E-state index in [0.29, 0.717) is 18.4 Å². The van der Waals surface area contributed by atoms with Gasteiger partial charge in [-0.2, -0.15) is 0 Å². The zero-order valence-electron chi connectivity index (χ0n) is 14.3. The maximum atomic E-state index is 12.0. The van der Waals surface area contributed by atoms with Gasteiger partial charge in [-0.25, -0.2) is 0 Å². The predicted octanol–water partition coefficient (Wildman–Crippen LogP) is 2.96. The van der Waals surface area contributed by atoms with Gasteiger partial charge in [-0.3, -0.25) is 4.79 Å². The number of rotatable bonds is 6. The maximum Gasteiger partial charge on any atom is 0.236 e.